The number of halogens is 2. The number of nitrogens with zero attached hydrogens (tertiary/aromatic N) is 1. The van der Waals surface area contributed by atoms with Crippen LogP contribution < -0.4 is 0 Å². The average Bonchev–Trinajstić information content (AvgIpc) is 2.40. The first-order valence-electron chi connectivity index (χ1n) is 6.39. The summed E-state index contributed by atoms with van der Waals surface area (Å²) in [6.45, 7) is 2.50. The van der Waals surface area contributed by atoms with Crippen LogP contribution in [0.15, 0.2) is 27.1 Å². The number of piperidine rings is 1. The maximum Gasteiger partial charge on any atom is 0.326 e. The standard InChI is InChI=1S/C14H15Br2NO3/c1-8-4-5-17(12(6-8)14(19)20)13(18)10-7-9(15)2-3-11(10)16/h2-3,7-8,12H,4-6H2,1H3,(H,19,20). The van der Waals surface area contributed by atoms with Crippen LogP contribution in [0.1, 0.15) is 30.1 Å². The van der Waals surface area contributed by atoms with E-state index in [0.717, 1.165) is 10.9 Å². The van der Waals surface area contributed by atoms with Gasteiger partial charge in [-0.05, 0) is 52.9 Å². The number of rotatable bonds is 2. The fourth-order valence-electron chi connectivity index (χ4n) is 2.43. The molecule has 1 saturated heterocycles. The summed E-state index contributed by atoms with van der Waals surface area (Å²) >= 11 is 6.69. The second-order valence-corrected chi connectivity index (χ2v) is 6.88. The molecule has 1 aliphatic rings. The highest BCUT2D eigenvalue weighted by Gasteiger charge is 2.35. The zero-order valence-electron chi connectivity index (χ0n) is 11.0. The zero-order chi connectivity index (χ0) is 14.9. The van der Waals surface area contributed by atoms with Crippen LogP contribution in [0.3, 0.4) is 0 Å². The molecule has 2 unspecified atom stereocenters. The molecule has 108 valence electrons. The van der Waals surface area contributed by atoms with E-state index in [1.54, 1.807) is 12.1 Å². The Morgan fingerprint density at radius 2 is 2.05 bits per heavy atom. The second kappa shape index (κ2) is 6.26. The Morgan fingerprint density at radius 1 is 1.35 bits per heavy atom. The highest BCUT2D eigenvalue weighted by Crippen LogP contribution is 2.28. The third-order valence-electron chi connectivity index (χ3n) is 3.57. The average molecular weight is 405 g/mol. The molecule has 2 atom stereocenters. The van der Waals surface area contributed by atoms with Crippen molar-refractivity contribution >= 4 is 43.7 Å². The summed E-state index contributed by atoms with van der Waals surface area (Å²) in [4.78, 5) is 25.5. The van der Waals surface area contributed by atoms with Crippen LogP contribution in [0.25, 0.3) is 0 Å². The summed E-state index contributed by atoms with van der Waals surface area (Å²) in [6.07, 6.45) is 1.34. The largest absolute Gasteiger partial charge is 0.480 e. The number of amides is 1. The Morgan fingerprint density at radius 3 is 2.70 bits per heavy atom. The summed E-state index contributed by atoms with van der Waals surface area (Å²) in [5.41, 5.74) is 0.486. The van der Waals surface area contributed by atoms with Crippen molar-refractivity contribution in [1.82, 2.24) is 4.90 Å². The number of likely N-dealkylation sites (tertiary alicyclic amines) is 1. The molecule has 1 aliphatic heterocycles. The van der Waals surface area contributed by atoms with Crippen LogP contribution in [0.5, 0.6) is 0 Å². The molecule has 0 bridgehead atoms. The van der Waals surface area contributed by atoms with Crippen LogP contribution >= 0.6 is 31.9 Å². The first-order valence-corrected chi connectivity index (χ1v) is 7.97. The summed E-state index contributed by atoms with van der Waals surface area (Å²) in [5, 5.41) is 9.33. The number of hydrogen-bond donors (Lipinski definition) is 1. The van der Waals surface area contributed by atoms with E-state index in [2.05, 4.69) is 31.9 Å². The molecular weight excluding hydrogens is 390 g/mol. The van der Waals surface area contributed by atoms with Crippen LogP contribution in [0, 0.1) is 5.92 Å². The van der Waals surface area contributed by atoms with Gasteiger partial charge in [-0.3, -0.25) is 4.79 Å². The highest BCUT2D eigenvalue weighted by atomic mass is 79.9. The van der Waals surface area contributed by atoms with E-state index in [1.165, 1.54) is 4.90 Å². The molecule has 1 aromatic rings. The van der Waals surface area contributed by atoms with Crippen molar-refractivity contribution in [2.75, 3.05) is 6.54 Å². The molecule has 0 aromatic heterocycles. The van der Waals surface area contributed by atoms with Crippen molar-refractivity contribution in [3.8, 4) is 0 Å². The number of hydrogen-bond acceptors (Lipinski definition) is 2. The lowest BCUT2D eigenvalue weighted by Crippen LogP contribution is -2.49. The number of carboxylic acids is 1. The predicted octanol–water partition coefficient (Wildman–Crippen LogP) is 3.54. The summed E-state index contributed by atoms with van der Waals surface area (Å²) in [6, 6.07) is 4.58. The molecule has 0 radical (unpaired) electrons. The van der Waals surface area contributed by atoms with Gasteiger partial charge in [0, 0.05) is 15.5 Å². The molecular formula is C14H15Br2NO3. The van der Waals surface area contributed by atoms with Gasteiger partial charge in [-0.25, -0.2) is 4.79 Å². The lowest BCUT2D eigenvalue weighted by atomic mass is 9.92. The summed E-state index contributed by atoms with van der Waals surface area (Å²) < 4.78 is 1.47. The van der Waals surface area contributed by atoms with E-state index < -0.39 is 12.0 Å². The van der Waals surface area contributed by atoms with Gasteiger partial charge < -0.3 is 10.0 Å². The van der Waals surface area contributed by atoms with Crippen molar-refractivity contribution in [3.63, 3.8) is 0 Å². The summed E-state index contributed by atoms with van der Waals surface area (Å²) in [7, 11) is 0. The van der Waals surface area contributed by atoms with Crippen LogP contribution in [-0.2, 0) is 4.79 Å². The van der Waals surface area contributed by atoms with Gasteiger partial charge in [0.05, 0.1) is 5.56 Å². The van der Waals surface area contributed by atoms with Gasteiger partial charge in [0.15, 0.2) is 0 Å². The fourth-order valence-corrected chi connectivity index (χ4v) is 3.21. The lowest BCUT2D eigenvalue weighted by molar-refractivity contribution is -0.144. The Kier molecular flexibility index (Phi) is 4.86. The molecule has 1 heterocycles. The van der Waals surface area contributed by atoms with E-state index >= 15 is 0 Å². The van der Waals surface area contributed by atoms with Crippen molar-refractivity contribution in [3.05, 3.63) is 32.7 Å². The number of carboxylic acid groups (broad SMARTS) is 1. The molecule has 0 saturated carbocycles. The SMILES string of the molecule is CC1CCN(C(=O)c2cc(Br)ccc2Br)C(C(=O)O)C1. The molecule has 6 heteroatoms. The quantitative estimate of drug-likeness (QED) is 0.820. The molecule has 4 nitrogen and oxygen atoms in total. The third kappa shape index (κ3) is 3.23. The number of aliphatic carboxylic acids is 1. The minimum Gasteiger partial charge on any atom is -0.480 e. The first-order chi connectivity index (χ1) is 9.40. The maximum absolute atomic E-state index is 12.6. The monoisotopic (exact) mass is 403 g/mol. The first kappa shape index (κ1) is 15.5. The van der Waals surface area contributed by atoms with Gasteiger partial charge >= 0.3 is 5.97 Å². The topological polar surface area (TPSA) is 57.6 Å². The maximum atomic E-state index is 12.6. The van der Waals surface area contributed by atoms with Gasteiger partial charge in [0.1, 0.15) is 6.04 Å². The Bertz CT molecular complexity index is 547. The fraction of sp³-hybridized carbons (Fsp3) is 0.429. The summed E-state index contributed by atoms with van der Waals surface area (Å²) in [5.74, 6) is -0.848. The molecule has 0 spiro atoms. The molecule has 0 aliphatic carbocycles. The van der Waals surface area contributed by atoms with Crippen LogP contribution in [0.2, 0.25) is 0 Å². The van der Waals surface area contributed by atoms with Gasteiger partial charge in [-0.15, -0.1) is 0 Å². The molecule has 1 fully saturated rings. The molecule has 20 heavy (non-hydrogen) atoms. The molecule has 2 rings (SSSR count). The molecule has 1 amide bonds. The van der Waals surface area contributed by atoms with E-state index in [9.17, 15) is 14.7 Å². The minimum atomic E-state index is -0.934. The number of carbonyl (C=O) groups is 2. The van der Waals surface area contributed by atoms with Crippen LogP contribution in [-0.4, -0.2) is 34.5 Å². The van der Waals surface area contributed by atoms with E-state index in [1.807, 2.05) is 13.0 Å². The smallest absolute Gasteiger partial charge is 0.326 e. The van der Waals surface area contributed by atoms with Crippen molar-refractivity contribution in [2.24, 2.45) is 5.92 Å². The van der Waals surface area contributed by atoms with Gasteiger partial charge in [-0.2, -0.15) is 0 Å². The van der Waals surface area contributed by atoms with E-state index in [4.69, 9.17) is 0 Å². The molecule has 1 aromatic carbocycles. The number of benzene rings is 1. The third-order valence-corrected chi connectivity index (χ3v) is 4.75. The van der Waals surface area contributed by atoms with Gasteiger partial charge in [-0.1, -0.05) is 22.9 Å². The normalized spacial score (nSPS) is 22.6. The lowest BCUT2D eigenvalue weighted by Gasteiger charge is -2.36. The predicted molar refractivity (Wildman–Crippen MR) is 82.7 cm³/mol. The minimum absolute atomic E-state index is 0.238. The van der Waals surface area contributed by atoms with E-state index in [0.29, 0.717) is 28.9 Å². The van der Waals surface area contributed by atoms with Crippen molar-refractivity contribution < 1.29 is 14.7 Å². The molecule has 1 N–H and O–H groups in total. The van der Waals surface area contributed by atoms with Crippen molar-refractivity contribution in [1.29, 1.82) is 0 Å². The van der Waals surface area contributed by atoms with Gasteiger partial charge in [0.2, 0.25) is 0 Å². The van der Waals surface area contributed by atoms with E-state index in [-0.39, 0.29) is 5.91 Å². The van der Waals surface area contributed by atoms with Crippen molar-refractivity contribution in [2.45, 2.75) is 25.8 Å². The second-order valence-electron chi connectivity index (χ2n) is 5.11. The Hall–Kier alpha value is -0.880. The zero-order valence-corrected chi connectivity index (χ0v) is 14.1. The van der Waals surface area contributed by atoms with Gasteiger partial charge in [0.25, 0.3) is 5.91 Å². The Labute approximate surface area is 134 Å². The van der Waals surface area contributed by atoms with Crippen LogP contribution in [0.4, 0.5) is 0 Å². The number of carbonyl (C=O) groups excluding carboxylic acids is 1. The Balaban J connectivity index is 2.31. The highest BCUT2D eigenvalue weighted by molar-refractivity contribution is 9.11.